The van der Waals surface area contributed by atoms with E-state index in [4.69, 9.17) is 23.2 Å². The number of carboxylic acids is 1. The average Bonchev–Trinajstić information content (AvgIpc) is 3.05. The minimum atomic E-state index is -1.05. The molecule has 0 aliphatic carbocycles. The molecule has 31 heavy (non-hydrogen) atoms. The van der Waals surface area contributed by atoms with Crippen molar-refractivity contribution >= 4 is 45.8 Å². The highest BCUT2D eigenvalue weighted by Crippen LogP contribution is 2.31. The molecule has 0 bridgehead atoms. The molecule has 6 nitrogen and oxygen atoms in total. The highest BCUT2D eigenvalue weighted by molar-refractivity contribution is 6.31. The summed E-state index contributed by atoms with van der Waals surface area (Å²) in [7, 11) is 0. The molecule has 2 heterocycles. The standard InChI is InChI=1S/C23H25Cl2N3O3/c1-23(2)13-27(16-6-3-14(24)4-7-16)9-10-28(23)20(29)12-18-17-11-15(25)5-8-19(17)26-21(18)22(30)31/h3-8,11,20,26,29H,9-10,12-13H2,1-2H3,(H,30,31). The first kappa shape index (κ1) is 22.0. The number of aromatic nitrogens is 1. The summed E-state index contributed by atoms with van der Waals surface area (Å²) in [5.74, 6) is -1.05. The number of aliphatic hydroxyl groups excluding tert-OH is 1. The van der Waals surface area contributed by atoms with Gasteiger partial charge in [-0.1, -0.05) is 23.2 Å². The number of nitrogens with zero attached hydrogens (tertiary/aromatic N) is 2. The molecular formula is C23H25Cl2N3O3. The zero-order valence-corrected chi connectivity index (χ0v) is 18.9. The van der Waals surface area contributed by atoms with E-state index >= 15 is 0 Å². The Morgan fingerprint density at radius 3 is 2.45 bits per heavy atom. The number of rotatable bonds is 5. The first-order chi connectivity index (χ1) is 14.7. The van der Waals surface area contributed by atoms with Gasteiger partial charge in [0.25, 0.3) is 0 Å². The molecular weight excluding hydrogens is 437 g/mol. The Bertz CT molecular complexity index is 1110. The van der Waals surface area contributed by atoms with Gasteiger partial charge in [-0.05, 0) is 61.9 Å². The van der Waals surface area contributed by atoms with Crippen LogP contribution in [0.2, 0.25) is 10.0 Å². The van der Waals surface area contributed by atoms with Crippen molar-refractivity contribution in [3.8, 4) is 0 Å². The van der Waals surface area contributed by atoms with Crippen molar-refractivity contribution in [2.24, 2.45) is 0 Å². The van der Waals surface area contributed by atoms with Gasteiger partial charge in [0.2, 0.25) is 0 Å². The van der Waals surface area contributed by atoms with E-state index in [1.165, 1.54) is 0 Å². The zero-order valence-electron chi connectivity index (χ0n) is 17.4. The fourth-order valence-electron chi connectivity index (χ4n) is 4.50. The number of aromatic amines is 1. The van der Waals surface area contributed by atoms with Crippen LogP contribution >= 0.6 is 23.2 Å². The molecule has 0 radical (unpaired) electrons. The highest BCUT2D eigenvalue weighted by atomic mass is 35.5. The third-order valence-electron chi connectivity index (χ3n) is 5.99. The fourth-order valence-corrected chi connectivity index (χ4v) is 4.80. The van der Waals surface area contributed by atoms with Crippen molar-refractivity contribution in [1.82, 2.24) is 9.88 Å². The SMILES string of the molecule is CC1(C)CN(c2ccc(Cl)cc2)CCN1C(O)Cc1c(C(=O)O)[nH]c2ccc(Cl)cc12. The lowest BCUT2D eigenvalue weighted by molar-refractivity contribution is -0.0614. The molecule has 0 amide bonds. The highest BCUT2D eigenvalue weighted by Gasteiger charge is 2.38. The third kappa shape index (κ3) is 4.39. The molecule has 1 saturated heterocycles. The van der Waals surface area contributed by atoms with Crippen LogP contribution in [0.5, 0.6) is 0 Å². The number of nitrogens with one attached hydrogen (secondary N) is 1. The molecule has 1 atom stereocenters. The largest absolute Gasteiger partial charge is 0.477 e. The Morgan fingerprint density at radius 2 is 1.81 bits per heavy atom. The molecule has 1 aliphatic rings. The quantitative estimate of drug-likeness (QED) is 0.515. The van der Waals surface area contributed by atoms with Crippen LogP contribution in [-0.2, 0) is 6.42 Å². The number of piperazine rings is 1. The predicted molar refractivity (Wildman–Crippen MR) is 124 cm³/mol. The number of hydrogen-bond donors (Lipinski definition) is 3. The van der Waals surface area contributed by atoms with E-state index in [0.717, 1.165) is 24.2 Å². The second kappa shape index (κ2) is 8.36. The summed E-state index contributed by atoms with van der Waals surface area (Å²) < 4.78 is 0. The Hall–Kier alpha value is -2.25. The Balaban J connectivity index is 1.57. The van der Waals surface area contributed by atoms with Gasteiger partial charge in [-0.3, -0.25) is 4.90 Å². The summed E-state index contributed by atoms with van der Waals surface area (Å²) in [4.78, 5) is 19.1. The average molecular weight is 462 g/mol. The second-order valence-corrected chi connectivity index (χ2v) is 9.44. The monoisotopic (exact) mass is 461 g/mol. The normalized spacial score (nSPS) is 17.8. The van der Waals surface area contributed by atoms with Gasteiger partial charge in [-0.15, -0.1) is 0 Å². The molecule has 164 valence electrons. The number of aliphatic hydroxyl groups is 1. The Morgan fingerprint density at radius 1 is 1.13 bits per heavy atom. The van der Waals surface area contributed by atoms with Crippen LogP contribution in [0.3, 0.4) is 0 Å². The van der Waals surface area contributed by atoms with E-state index in [-0.39, 0.29) is 17.7 Å². The molecule has 1 aliphatic heterocycles. The van der Waals surface area contributed by atoms with Crippen LogP contribution in [0, 0.1) is 0 Å². The summed E-state index contributed by atoms with van der Waals surface area (Å²) in [6.45, 7) is 6.28. The van der Waals surface area contributed by atoms with E-state index in [9.17, 15) is 15.0 Å². The number of carbonyl (C=O) groups is 1. The van der Waals surface area contributed by atoms with Crippen LogP contribution in [-0.4, -0.2) is 57.5 Å². The van der Waals surface area contributed by atoms with Gasteiger partial charge in [0, 0.05) is 58.2 Å². The predicted octanol–water partition coefficient (Wildman–Crippen LogP) is 4.63. The van der Waals surface area contributed by atoms with Gasteiger partial charge in [-0.25, -0.2) is 4.79 Å². The number of H-pyrrole nitrogens is 1. The molecule has 1 aromatic heterocycles. The third-order valence-corrected chi connectivity index (χ3v) is 6.47. The number of anilines is 1. The van der Waals surface area contributed by atoms with Crippen LogP contribution in [0.25, 0.3) is 10.9 Å². The number of benzene rings is 2. The second-order valence-electron chi connectivity index (χ2n) is 8.56. The topological polar surface area (TPSA) is 79.8 Å². The van der Waals surface area contributed by atoms with Crippen molar-refractivity contribution in [1.29, 1.82) is 0 Å². The lowest BCUT2D eigenvalue weighted by Crippen LogP contribution is -2.62. The molecule has 0 spiro atoms. The lowest BCUT2D eigenvalue weighted by Gasteiger charge is -2.49. The fraction of sp³-hybridized carbons (Fsp3) is 0.348. The van der Waals surface area contributed by atoms with E-state index in [1.807, 2.05) is 29.2 Å². The number of fused-ring (bicyclic) bond motifs is 1. The number of aromatic carboxylic acids is 1. The van der Waals surface area contributed by atoms with Crippen LogP contribution in [0.4, 0.5) is 5.69 Å². The van der Waals surface area contributed by atoms with Gasteiger partial charge in [-0.2, -0.15) is 0 Å². The van der Waals surface area contributed by atoms with Crippen LogP contribution < -0.4 is 4.90 Å². The van der Waals surface area contributed by atoms with E-state index in [1.54, 1.807) is 18.2 Å². The van der Waals surface area contributed by atoms with E-state index < -0.39 is 12.2 Å². The summed E-state index contributed by atoms with van der Waals surface area (Å²) in [5.41, 5.74) is 2.11. The van der Waals surface area contributed by atoms with Gasteiger partial charge in [0.05, 0.1) is 0 Å². The van der Waals surface area contributed by atoms with Gasteiger partial charge < -0.3 is 20.1 Å². The molecule has 1 unspecified atom stereocenters. The van der Waals surface area contributed by atoms with Crippen molar-refractivity contribution in [2.75, 3.05) is 24.5 Å². The van der Waals surface area contributed by atoms with Crippen molar-refractivity contribution in [2.45, 2.75) is 32.0 Å². The van der Waals surface area contributed by atoms with Gasteiger partial charge in [0.15, 0.2) is 0 Å². The van der Waals surface area contributed by atoms with E-state index in [2.05, 4.69) is 23.7 Å². The molecule has 0 saturated carbocycles. The molecule has 3 N–H and O–H groups in total. The van der Waals surface area contributed by atoms with Crippen LogP contribution in [0.15, 0.2) is 42.5 Å². The first-order valence-electron chi connectivity index (χ1n) is 10.1. The molecule has 3 aromatic rings. The summed E-state index contributed by atoms with van der Waals surface area (Å²) in [6.07, 6.45) is -0.648. The maximum Gasteiger partial charge on any atom is 0.352 e. The molecule has 4 rings (SSSR count). The van der Waals surface area contributed by atoms with Crippen molar-refractivity contribution < 1.29 is 15.0 Å². The molecule has 8 heteroatoms. The minimum Gasteiger partial charge on any atom is -0.477 e. The Labute approximate surface area is 191 Å². The number of hydrogen-bond acceptors (Lipinski definition) is 4. The minimum absolute atomic E-state index is 0.0916. The first-order valence-corrected chi connectivity index (χ1v) is 10.9. The van der Waals surface area contributed by atoms with Crippen molar-refractivity contribution in [3.63, 3.8) is 0 Å². The van der Waals surface area contributed by atoms with Gasteiger partial charge in [0.1, 0.15) is 11.9 Å². The summed E-state index contributed by atoms with van der Waals surface area (Å²) >= 11 is 12.2. The maximum absolute atomic E-state index is 11.8. The summed E-state index contributed by atoms with van der Waals surface area (Å²) in [6, 6.07) is 13.0. The summed E-state index contributed by atoms with van der Waals surface area (Å²) in [5, 5.41) is 22.8. The van der Waals surface area contributed by atoms with Gasteiger partial charge >= 0.3 is 5.97 Å². The Kier molecular flexibility index (Phi) is 5.92. The zero-order chi connectivity index (χ0) is 22.3. The van der Waals surface area contributed by atoms with Crippen LogP contribution in [0.1, 0.15) is 29.9 Å². The number of halogens is 2. The maximum atomic E-state index is 11.8. The molecule has 2 aromatic carbocycles. The smallest absolute Gasteiger partial charge is 0.352 e. The van der Waals surface area contributed by atoms with Crippen molar-refractivity contribution in [3.05, 3.63) is 63.8 Å². The molecule has 1 fully saturated rings. The lowest BCUT2D eigenvalue weighted by atomic mass is 9.96. The number of carboxylic acid groups (broad SMARTS) is 1. The van der Waals surface area contributed by atoms with E-state index in [0.29, 0.717) is 27.7 Å².